The quantitative estimate of drug-likeness (QED) is 0.863. The zero-order valence-corrected chi connectivity index (χ0v) is 13.2. The molecule has 0 saturated carbocycles. The first-order chi connectivity index (χ1) is 10.3. The third-order valence-corrected chi connectivity index (χ3v) is 4.74. The van der Waals surface area contributed by atoms with E-state index in [1.807, 2.05) is 0 Å². The van der Waals surface area contributed by atoms with Gasteiger partial charge in [0.25, 0.3) is 0 Å². The summed E-state index contributed by atoms with van der Waals surface area (Å²) in [6.07, 6.45) is 4.47. The summed E-state index contributed by atoms with van der Waals surface area (Å²) in [5.74, 6) is 0. The first kappa shape index (κ1) is 14.3. The molecule has 3 nitrogen and oxygen atoms in total. The fraction of sp³-hybridized carbons (Fsp3) is 0.353. The third-order valence-electron chi connectivity index (χ3n) is 3.72. The van der Waals surface area contributed by atoms with Gasteiger partial charge in [0.05, 0.1) is 5.69 Å². The predicted molar refractivity (Wildman–Crippen MR) is 91.0 cm³/mol. The summed E-state index contributed by atoms with van der Waals surface area (Å²) in [6, 6.07) is 10.5. The molecule has 0 spiro atoms. The summed E-state index contributed by atoms with van der Waals surface area (Å²) in [4.78, 5) is 9.47. The molecule has 110 valence electrons. The topological polar surface area (TPSA) is 19.4 Å². The van der Waals surface area contributed by atoms with Crippen molar-refractivity contribution in [2.45, 2.75) is 6.92 Å². The Bertz CT molecular complexity index is 583. The Morgan fingerprint density at radius 3 is 2.57 bits per heavy atom. The van der Waals surface area contributed by atoms with Crippen molar-refractivity contribution in [3.05, 3.63) is 53.0 Å². The second-order valence-electron chi connectivity index (χ2n) is 5.37. The molecule has 0 atom stereocenters. The lowest BCUT2D eigenvalue weighted by atomic mass is 10.2. The highest BCUT2D eigenvalue weighted by Gasteiger charge is 2.17. The van der Waals surface area contributed by atoms with Crippen molar-refractivity contribution < 1.29 is 0 Å². The van der Waals surface area contributed by atoms with Crippen molar-refractivity contribution in [2.24, 2.45) is 0 Å². The molecular weight excluding hydrogens is 278 g/mol. The van der Waals surface area contributed by atoms with Gasteiger partial charge in [0, 0.05) is 38.1 Å². The van der Waals surface area contributed by atoms with Crippen molar-refractivity contribution in [1.29, 1.82) is 0 Å². The Morgan fingerprint density at radius 2 is 1.90 bits per heavy atom. The average Bonchev–Trinajstić information content (AvgIpc) is 2.96. The van der Waals surface area contributed by atoms with Crippen molar-refractivity contribution in [1.82, 2.24) is 9.88 Å². The number of thiazole rings is 1. The van der Waals surface area contributed by atoms with Crippen LogP contribution in [0.1, 0.15) is 11.3 Å². The fourth-order valence-corrected chi connectivity index (χ4v) is 3.37. The monoisotopic (exact) mass is 299 g/mol. The lowest BCUT2D eigenvalue weighted by Crippen LogP contribution is -2.46. The second kappa shape index (κ2) is 6.87. The lowest BCUT2D eigenvalue weighted by molar-refractivity contribution is 0.284. The van der Waals surface area contributed by atoms with Crippen LogP contribution in [-0.4, -0.2) is 42.6 Å². The number of rotatable bonds is 4. The summed E-state index contributed by atoms with van der Waals surface area (Å²) < 4.78 is 0. The van der Waals surface area contributed by atoms with Gasteiger partial charge >= 0.3 is 0 Å². The van der Waals surface area contributed by atoms with Crippen LogP contribution in [0.15, 0.2) is 41.8 Å². The molecule has 1 aromatic carbocycles. The van der Waals surface area contributed by atoms with Crippen molar-refractivity contribution in [3.8, 4) is 0 Å². The molecule has 2 aromatic rings. The number of hydrogen-bond donors (Lipinski definition) is 0. The van der Waals surface area contributed by atoms with Gasteiger partial charge in [0.1, 0.15) is 0 Å². The molecule has 0 amide bonds. The number of aromatic nitrogens is 1. The Morgan fingerprint density at radius 1 is 1.14 bits per heavy atom. The summed E-state index contributed by atoms with van der Waals surface area (Å²) in [5.41, 5.74) is 2.40. The van der Waals surface area contributed by atoms with E-state index >= 15 is 0 Å². The van der Waals surface area contributed by atoms with Crippen molar-refractivity contribution in [3.63, 3.8) is 0 Å². The molecule has 0 aliphatic carbocycles. The number of nitrogens with zero attached hydrogens (tertiary/aromatic N) is 3. The van der Waals surface area contributed by atoms with E-state index in [-0.39, 0.29) is 0 Å². The molecule has 1 saturated heterocycles. The highest BCUT2D eigenvalue weighted by Crippen LogP contribution is 2.21. The van der Waals surface area contributed by atoms with Crippen LogP contribution >= 0.6 is 11.3 Å². The zero-order chi connectivity index (χ0) is 14.5. The van der Waals surface area contributed by atoms with Crippen LogP contribution in [0.25, 0.3) is 6.08 Å². The Kier molecular flexibility index (Phi) is 4.68. The van der Waals surface area contributed by atoms with Gasteiger partial charge in [-0.05, 0) is 12.5 Å². The minimum absolute atomic E-state index is 1.03. The highest BCUT2D eigenvalue weighted by molar-refractivity contribution is 7.13. The van der Waals surface area contributed by atoms with E-state index in [9.17, 15) is 0 Å². The van der Waals surface area contributed by atoms with Crippen LogP contribution in [0.4, 0.5) is 5.13 Å². The minimum atomic E-state index is 1.03. The van der Waals surface area contributed by atoms with Gasteiger partial charge in [-0.2, -0.15) is 0 Å². The second-order valence-corrected chi connectivity index (χ2v) is 6.21. The number of aryl methyl sites for hydroxylation is 1. The van der Waals surface area contributed by atoms with E-state index in [1.54, 1.807) is 11.3 Å². The van der Waals surface area contributed by atoms with E-state index in [0.29, 0.717) is 0 Å². The van der Waals surface area contributed by atoms with Crippen molar-refractivity contribution in [2.75, 3.05) is 37.6 Å². The zero-order valence-electron chi connectivity index (χ0n) is 12.4. The number of anilines is 1. The Hall–Kier alpha value is -1.65. The van der Waals surface area contributed by atoms with Gasteiger partial charge in [-0.3, -0.25) is 4.90 Å². The normalized spacial score (nSPS) is 16.7. The molecule has 0 bridgehead atoms. The predicted octanol–water partition coefficient (Wildman–Crippen LogP) is 3.29. The van der Waals surface area contributed by atoms with Gasteiger partial charge in [0.15, 0.2) is 5.13 Å². The molecule has 1 aliphatic heterocycles. The average molecular weight is 299 g/mol. The fourth-order valence-electron chi connectivity index (χ4n) is 2.51. The molecular formula is C17H21N3S. The maximum Gasteiger partial charge on any atom is 0.185 e. The van der Waals surface area contributed by atoms with Crippen LogP contribution in [0.3, 0.4) is 0 Å². The van der Waals surface area contributed by atoms with Crippen LogP contribution < -0.4 is 4.90 Å². The molecule has 1 fully saturated rings. The Balaban J connectivity index is 1.47. The van der Waals surface area contributed by atoms with Gasteiger partial charge in [-0.1, -0.05) is 42.5 Å². The first-order valence-corrected chi connectivity index (χ1v) is 8.30. The van der Waals surface area contributed by atoms with E-state index in [0.717, 1.165) is 38.4 Å². The standard InChI is InChI=1S/C17H21N3S/c1-15-14-21-17(18-15)20-12-10-19(11-13-20)9-5-8-16-6-3-2-4-7-16/h2-8,14H,9-13H2,1H3/b8-5+. The summed E-state index contributed by atoms with van der Waals surface area (Å²) in [6.45, 7) is 7.46. The SMILES string of the molecule is Cc1csc(N2CCN(C/C=C/c3ccccc3)CC2)n1. The van der Waals surface area contributed by atoms with Gasteiger partial charge in [-0.15, -0.1) is 11.3 Å². The molecule has 4 heteroatoms. The number of hydrogen-bond acceptors (Lipinski definition) is 4. The van der Waals surface area contributed by atoms with Crippen LogP contribution in [0.5, 0.6) is 0 Å². The summed E-state index contributed by atoms with van der Waals surface area (Å²) >= 11 is 1.75. The van der Waals surface area contributed by atoms with Crippen LogP contribution in [0, 0.1) is 6.92 Å². The van der Waals surface area contributed by atoms with E-state index in [1.165, 1.54) is 10.7 Å². The van der Waals surface area contributed by atoms with Crippen LogP contribution in [-0.2, 0) is 0 Å². The van der Waals surface area contributed by atoms with Gasteiger partial charge in [-0.25, -0.2) is 4.98 Å². The minimum Gasteiger partial charge on any atom is -0.346 e. The van der Waals surface area contributed by atoms with E-state index in [2.05, 4.69) is 69.6 Å². The number of benzene rings is 1. The molecule has 21 heavy (non-hydrogen) atoms. The van der Waals surface area contributed by atoms with E-state index in [4.69, 9.17) is 0 Å². The largest absolute Gasteiger partial charge is 0.346 e. The maximum atomic E-state index is 4.57. The van der Waals surface area contributed by atoms with Gasteiger partial charge < -0.3 is 4.90 Å². The van der Waals surface area contributed by atoms with E-state index < -0.39 is 0 Å². The smallest absolute Gasteiger partial charge is 0.185 e. The molecule has 2 heterocycles. The van der Waals surface area contributed by atoms with Gasteiger partial charge in [0.2, 0.25) is 0 Å². The molecule has 0 N–H and O–H groups in total. The highest BCUT2D eigenvalue weighted by atomic mass is 32.1. The molecule has 0 unspecified atom stereocenters. The molecule has 3 rings (SSSR count). The molecule has 0 radical (unpaired) electrons. The summed E-state index contributed by atoms with van der Waals surface area (Å²) in [7, 11) is 0. The lowest BCUT2D eigenvalue weighted by Gasteiger charge is -2.33. The molecule has 1 aromatic heterocycles. The van der Waals surface area contributed by atoms with Crippen LogP contribution in [0.2, 0.25) is 0 Å². The third kappa shape index (κ3) is 3.93. The Labute approximate surface area is 130 Å². The maximum absolute atomic E-state index is 4.57. The van der Waals surface area contributed by atoms with Crippen molar-refractivity contribution >= 4 is 22.5 Å². The first-order valence-electron chi connectivity index (χ1n) is 7.42. The molecule has 1 aliphatic rings. The number of piperazine rings is 1. The summed E-state index contributed by atoms with van der Waals surface area (Å²) in [5, 5.41) is 3.30.